The van der Waals surface area contributed by atoms with Crippen LogP contribution in [0.1, 0.15) is 35.1 Å². The second-order valence-electron chi connectivity index (χ2n) is 6.18. The smallest absolute Gasteiger partial charge is 0.0568 e. The number of fused-ring (bicyclic) bond motifs is 3. The molecule has 3 heteroatoms. The molecule has 0 unspecified atom stereocenters. The number of nitrogens with one attached hydrogen (secondary N) is 1. The first-order valence-corrected chi connectivity index (χ1v) is 9.08. The van der Waals surface area contributed by atoms with Crippen molar-refractivity contribution in [2.24, 2.45) is 5.92 Å². The first-order chi connectivity index (χ1) is 10.6. The predicted molar refractivity (Wildman–Crippen MR) is 102 cm³/mol. The Morgan fingerprint density at radius 1 is 1.18 bits per heavy atom. The average Bonchev–Trinajstić information content (AvgIpc) is 2.97. The van der Waals surface area contributed by atoms with Crippen LogP contribution in [0.2, 0.25) is 5.02 Å². The molecule has 2 aromatic carbocycles. The summed E-state index contributed by atoms with van der Waals surface area (Å²) in [6, 6.07) is 13.1. The highest BCUT2D eigenvalue weighted by atomic mass is 127. The number of rotatable bonds is 1. The summed E-state index contributed by atoms with van der Waals surface area (Å²) in [5.74, 6) is 1.04. The van der Waals surface area contributed by atoms with Crippen molar-refractivity contribution in [3.63, 3.8) is 0 Å². The molecule has 1 aliphatic carbocycles. The molecule has 2 aromatic rings. The van der Waals surface area contributed by atoms with Crippen LogP contribution in [0.15, 0.2) is 48.6 Å². The molecule has 1 N–H and O–H groups in total. The molecule has 1 aliphatic heterocycles. The summed E-state index contributed by atoms with van der Waals surface area (Å²) >= 11 is 8.89. The van der Waals surface area contributed by atoms with Crippen molar-refractivity contribution in [3.8, 4) is 0 Å². The van der Waals surface area contributed by atoms with Crippen molar-refractivity contribution in [2.45, 2.75) is 25.3 Å². The number of anilines is 1. The van der Waals surface area contributed by atoms with E-state index in [1.165, 1.54) is 25.9 Å². The zero-order valence-corrected chi connectivity index (χ0v) is 15.2. The van der Waals surface area contributed by atoms with Crippen LogP contribution in [0, 0.1) is 16.4 Å². The lowest BCUT2D eigenvalue weighted by atomic mass is 9.76. The highest BCUT2D eigenvalue weighted by Gasteiger charge is 2.39. The fraction of sp³-hybridized carbons (Fsp3) is 0.263. The van der Waals surface area contributed by atoms with Gasteiger partial charge in [0.25, 0.3) is 0 Å². The minimum atomic E-state index is 0.278. The van der Waals surface area contributed by atoms with Gasteiger partial charge in [0.1, 0.15) is 0 Å². The second kappa shape index (κ2) is 5.57. The molecular formula is C19H17ClIN. The summed E-state index contributed by atoms with van der Waals surface area (Å²) in [5, 5.41) is 4.65. The van der Waals surface area contributed by atoms with Gasteiger partial charge < -0.3 is 5.32 Å². The maximum Gasteiger partial charge on any atom is 0.0568 e. The molecule has 0 spiro atoms. The third kappa shape index (κ3) is 2.28. The minimum absolute atomic E-state index is 0.278. The fourth-order valence-corrected chi connectivity index (χ4v) is 4.93. The molecule has 0 aromatic heterocycles. The fourth-order valence-electron chi connectivity index (χ4n) is 3.88. The van der Waals surface area contributed by atoms with Crippen molar-refractivity contribution in [3.05, 3.63) is 73.8 Å². The topological polar surface area (TPSA) is 12.0 Å². The number of aryl methyl sites for hydroxylation is 1. The first kappa shape index (κ1) is 14.6. The van der Waals surface area contributed by atoms with E-state index in [9.17, 15) is 0 Å². The quantitative estimate of drug-likeness (QED) is 0.435. The maximum absolute atomic E-state index is 6.48. The summed E-state index contributed by atoms with van der Waals surface area (Å²) < 4.78 is 1.31. The van der Waals surface area contributed by atoms with Gasteiger partial charge in [-0.3, -0.25) is 0 Å². The largest absolute Gasteiger partial charge is 0.377 e. The Hall–Kier alpha value is -1.00. The zero-order chi connectivity index (χ0) is 15.3. The number of allylic oxidation sites excluding steroid dienone is 2. The number of hydrogen-bond donors (Lipinski definition) is 1. The van der Waals surface area contributed by atoms with Gasteiger partial charge in [0.2, 0.25) is 0 Å². The monoisotopic (exact) mass is 421 g/mol. The molecular weight excluding hydrogens is 405 g/mol. The van der Waals surface area contributed by atoms with Gasteiger partial charge in [-0.25, -0.2) is 0 Å². The summed E-state index contributed by atoms with van der Waals surface area (Å²) in [5.41, 5.74) is 5.26. The van der Waals surface area contributed by atoms with E-state index in [1.807, 2.05) is 12.1 Å². The van der Waals surface area contributed by atoms with Gasteiger partial charge >= 0.3 is 0 Å². The lowest BCUT2D eigenvalue weighted by molar-refractivity contribution is 0.425. The number of halogens is 2. The Morgan fingerprint density at radius 3 is 2.82 bits per heavy atom. The summed E-state index contributed by atoms with van der Waals surface area (Å²) in [6.45, 7) is 2.19. The minimum Gasteiger partial charge on any atom is -0.377 e. The van der Waals surface area contributed by atoms with E-state index in [0.717, 1.165) is 11.4 Å². The van der Waals surface area contributed by atoms with E-state index >= 15 is 0 Å². The molecule has 3 atom stereocenters. The molecule has 0 bridgehead atoms. The summed E-state index contributed by atoms with van der Waals surface area (Å²) in [6.07, 6.45) is 5.81. The molecule has 0 saturated heterocycles. The number of hydrogen-bond acceptors (Lipinski definition) is 1. The van der Waals surface area contributed by atoms with Gasteiger partial charge in [-0.05, 0) is 76.7 Å². The third-order valence-electron chi connectivity index (χ3n) is 4.87. The molecule has 2 aliphatic rings. The molecule has 0 amide bonds. The average molecular weight is 422 g/mol. The lowest BCUT2D eigenvalue weighted by Gasteiger charge is -2.38. The van der Waals surface area contributed by atoms with Crippen LogP contribution in [0.3, 0.4) is 0 Å². The third-order valence-corrected chi connectivity index (χ3v) is 5.84. The van der Waals surface area contributed by atoms with E-state index in [4.69, 9.17) is 11.6 Å². The highest BCUT2D eigenvalue weighted by molar-refractivity contribution is 14.1. The van der Waals surface area contributed by atoms with E-state index < -0.39 is 0 Å². The standard InChI is InChI=1S/C19H17ClIN/c1-11-9-12(21)10-16-13-6-4-7-14(13)19(22-18(11)16)15-5-2-3-8-17(15)20/h2-6,8-10,13-14,19,22H,7H2,1H3/t13-,14-,19-/m0/s1. The van der Waals surface area contributed by atoms with Crippen LogP contribution in [0.5, 0.6) is 0 Å². The Kier molecular flexibility index (Phi) is 3.69. The van der Waals surface area contributed by atoms with Crippen molar-refractivity contribution >= 4 is 39.9 Å². The van der Waals surface area contributed by atoms with Crippen LogP contribution in [0.4, 0.5) is 5.69 Å². The van der Waals surface area contributed by atoms with Crippen molar-refractivity contribution in [1.29, 1.82) is 0 Å². The van der Waals surface area contributed by atoms with Crippen molar-refractivity contribution < 1.29 is 0 Å². The Morgan fingerprint density at radius 2 is 2.00 bits per heavy atom. The molecule has 1 nitrogen and oxygen atoms in total. The van der Waals surface area contributed by atoms with Crippen LogP contribution >= 0.6 is 34.2 Å². The van der Waals surface area contributed by atoms with Gasteiger partial charge in [-0.1, -0.05) is 42.0 Å². The Bertz CT molecular complexity index is 768. The van der Waals surface area contributed by atoms with Gasteiger partial charge in [-0.15, -0.1) is 0 Å². The molecule has 0 radical (unpaired) electrons. The SMILES string of the molecule is Cc1cc(I)cc2c1N[C@H](c1ccccc1Cl)[C@H]1CC=C[C@H]21. The molecule has 22 heavy (non-hydrogen) atoms. The molecule has 112 valence electrons. The molecule has 0 saturated carbocycles. The molecule has 0 fully saturated rings. The first-order valence-electron chi connectivity index (χ1n) is 7.63. The normalized spacial score (nSPS) is 25.5. The maximum atomic E-state index is 6.48. The molecule has 1 heterocycles. The summed E-state index contributed by atoms with van der Waals surface area (Å²) in [4.78, 5) is 0. The number of benzene rings is 2. The van der Waals surface area contributed by atoms with E-state index in [2.05, 4.69) is 71.2 Å². The van der Waals surface area contributed by atoms with Crippen molar-refractivity contribution in [2.75, 3.05) is 5.32 Å². The van der Waals surface area contributed by atoms with E-state index in [-0.39, 0.29) is 6.04 Å². The van der Waals surface area contributed by atoms with Gasteiger partial charge in [-0.2, -0.15) is 0 Å². The zero-order valence-electron chi connectivity index (χ0n) is 12.3. The summed E-state index contributed by atoms with van der Waals surface area (Å²) in [7, 11) is 0. The van der Waals surface area contributed by atoms with Crippen molar-refractivity contribution in [1.82, 2.24) is 0 Å². The molecule has 4 rings (SSSR count). The second-order valence-corrected chi connectivity index (χ2v) is 7.84. The van der Waals surface area contributed by atoms with E-state index in [1.54, 1.807) is 0 Å². The van der Waals surface area contributed by atoms with Crippen LogP contribution in [0.25, 0.3) is 0 Å². The van der Waals surface area contributed by atoms with Crippen LogP contribution < -0.4 is 5.32 Å². The van der Waals surface area contributed by atoms with Crippen LogP contribution in [-0.2, 0) is 0 Å². The predicted octanol–water partition coefficient (Wildman–Crippen LogP) is 6.08. The van der Waals surface area contributed by atoms with Gasteiger partial charge in [0.05, 0.1) is 6.04 Å². The van der Waals surface area contributed by atoms with Gasteiger partial charge in [0, 0.05) is 20.2 Å². The highest BCUT2D eigenvalue weighted by Crippen LogP contribution is 2.51. The van der Waals surface area contributed by atoms with E-state index in [0.29, 0.717) is 11.8 Å². The van der Waals surface area contributed by atoms with Gasteiger partial charge in [0.15, 0.2) is 0 Å². The lowest BCUT2D eigenvalue weighted by Crippen LogP contribution is -2.29. The van der Waals surface area contributed by atoms with Crippen LogP contribution in [-0.4, -0.2) is 0 Å². The Balaban J connectivity index is 1.86. The Labute approximate surface area is 149 Å².